The van der Waals surface area contributed by atoms with Gasteiger partial charge in [-0.25, -0.2) is 13.6 Å². The molecule has 0 saturated carbocycles. The van der Waals surface area contributed by atoms with Crippen LogP contribution in [0.1, 0.15) is 40.4 Å². The summed E-state index contributed by atoms with van der Waals surface area (Å²) in [5.74, 6) is -2.55. The second-order valence-corrected chi connectivity index (χ2v) is 5.48. The summed E-state index contributed by atoms with van der Waals surface area (Å²) < 4.78 is 32.0. The van der Waals surface area contributed by atoms with Crippen molar-refractivity contribution in [1.82, 2.24) is 5.32 Å². The third-order valence-electron chi connectivity index (χ3n) is 3.82. The molecule has 7 heteroatoms. The van der Waals surface area contributed by atoms with E-state index in [1.54, 1.807) is 24.3 Å². The molecular weight excluding hydrogens is 342 g/mol. The summed E-state index contributed by atoms with van der Waals surface area (Å²) in [5, 5.41) is 11.4. The second kappa shape index (κ2) is 8.72. The molecule has 0 aliphatic carbocycles. The number of carbonyl (C=O) groups is 2. The van der Waals surface area contributed by atoms with Gasteiger partial charge in [0.1, 0.15) is 11.6 Å². The Balaban J connectivity index is 2.17. The number of nitriles is 1. The monoisotopic (exact) mass is 358 g/mol. The van der Waals surface area contributed by atoms with Gasteiger partial charge in [0, 0.05) is 6.42 Å². The third-order valence-corrected chi connectivity index (χ3v) is 3.82. The van der Waals surface area contributed by atoms with Crippen LogP contribution in [0.25, 0.3) is 0 Å². The molecule has 0 aliphatic rings. The van der Waals surface area contributed by atoms with Gasteiger partial charge in [0.15, 0.2) is 5.78 Å². The standard InChI is InChI=1S/C19H16F2N2O3/c1-26-19(25)23-16(13-7-5-12(11-22)6-8-13)9-10-17(24)18-14(20)3-2-4-15(18)21/h2-8,16H,9-10H2,1H3,(H,23,25). The molecule has 0 radical (unpaired) electrons. The van der Waals surface area contributed by atoms with Gasteiger partial charge < -0.3 is 10.1 Å². The fraction of sp³-hybridized carbons (Fsp3) is 0.211. The smallest absolute Gasteiger partial charge is 0.407 e. The lowest BCUT2D eigenvalue weighted by Gasteiger charge is -2.18. The van der Waals surface area contributed by atoms with Crippen LogP contribution in [-0.4, -0.2) is 19.0 Å². The summed E-state index contributed by atoms with van der Waals surface area (Å²) in [4.78, 5) is 23.8. The van der Waals surface area contributed by atoms with Crippen molar-refractivity contribution in [1.29, 1.82) is 5.26 Å². The van der Waals surface area contributed by atoms with Crippen LogP contribution in [0, 0.1) is 23.0 Å². The van der Waals surface area contributed by atoms with E-state index in [4.69, 9.17) is 5.26 Å². The van der Waals surface area contributed by atoms with E-state index < -0.39 is 35.1 Å². The maximum Gasteiger partial charge on any atom is 0.407 e. The number of ketones is 1. The van der Waals surface area contributed by atoms with Gasteiger partial charge in [-0.2, -0.15) is 5.26 Å². The Hall–Kier alpha value is -3.27. The first kappa shape index (κ1) is 19.1. The first-order valence-electron chi connectivity index (χ1n) is 7.78. The molecule has 1 atom stereocenters. The van der Waals surface area contributed by atoms with Crippen LogP contribution < -0.4 is 5.32 Å². The van der Waals surface area contributed by atoms with Crippen LogP contribution in [0.4, 0.5) is 13.6 Å². The van der Waals surface area contributed by atoms with Gasteiger partial charge in [-0.1, -0.05) is 18.2 Å². The molecule has 0 fully saturated rings. The van der Waals surface area contributed by atoms with Crippen molar-refractivity contribution < 1.29 is 23.1 Å². The number of Topliss-reactive ketones (excluding diaryl/α,β-unsaturated/α-hetero) is 1. The van der Waals surface area contributed by atoms with Gasteiger partial charge in [0.2, 0.25) is 0 Å². The molecule has 0 bridgehead atoms. The van der Waals surface area contributed by atoms with E-state index in [9.17, 15) is 18.4 Å². The van der Waals surface area contributed by atoms with Crippen LogP contribution in [0.2, 0.25) is 0 Å². The summed E-state index contributed by atoms with van der Waals surface area (Å²) in [7, 11) is 1.20. The molecule has 5 nitrogen and oxygen atoms in total. The summed E-state index contributed by atoms with van der Waals surface area (Å²) in [6, 6.07) is 11.0. The van der Waals surface area contributed by atoms with E-state index in [0.717, 1.165) is 12.1 Å². The van der Waals surface area contributed by atoms with Crippen molar-refractivity contribution in [2.24, 2.45) is 0 Å². The van der Waals surface area contributed by atoms with Crippen molar-refractivity contribution >= 4 is 11.9 Å². The summed E-state index contributed by atoms with van der Waals surface area (Å²) in [5.41, 5.74) is 0.482. The lowest BCUT2D eigenvalue weighted by atomic mass is 9.97. The van der Waals surface area contributed by atoms with Crippen LogP contribution in [0.5, 0.6) is 0 Å². The van der Waals surface area contributed by atoms with Gasteiger partial charge in [-0.15, -0.1) is 0 Å². The highest BCUT2D eigenvalue weighted by Gasteiger charge is 2.21. The zero-order valence-electron chi connectivity index (χ0n) is 14.0. The third kappa shape index (κ3) is 4.63. The Morgan fingerprint density at radius 1 is 1.15 bits per heavy atom. The van der Waals surface area contributed by atoms with E-state index in [1.807, 2.05) is 6.07 Å². The minimum absolute atomic E-state index is 0.105. The maximum atomic E-state index is 13.7. The number of hydrogen-bond donors (Lipinski definition) is 1. The van der Waals surface area contributed by atoms with E-state index >= 15 is 0 Å². The molecule has 0 saturated heterocycles. The number of rotatable bonds is 6. The number of halogens is 2. The molecule has 1 unspecified atom stereocenters. The Labute approximate surface area is 149 Å². The van der Waals surface area contributed by atoms with Gasteiger partial charge in [-0.05, 0) is 36.2 Å². The summed E-state index contributed by atoms with van der Waals surface area (Å²) in [6.07, 6.45) is -0.788. The van der Waals surface area contributed by atoms with Crippen LogP contribution in [-0.2, 0) is 4.74 Å². The minimum Gasteiger partial charge on any atom is -0.453 e. The number of methoxy groups -OCH3 is 1. The van der Waals surface area contributed by atoms with Crippen molar-refractivity contribution in [2.75, 3.05) is 7.11 Å². The molecule has 2 rings (SSSR count). The largest absolute Gasteiger partial charge is 0.453 e. The number of amides is 1. The van der Waals surface area contributed by atoms with Crippen molar-refractivity contribution in [3.63, 3.8) is 0 Å². The number of carbonyl (C=O) groups excluding carboxylic acids is 2. The highest BCUT2D eigenvalue weighted by molar-refractivity contribution is 5.96. The average molecular weight is 358 g/mol. The quantitative estimate of drug-likeness (QED) is 0.795. The number of hydrogen-bond acceptors (Lipinski definition) is 4. The number of nitrogens with zero attached hydrogens (tertiary/aromatic N) is 1. The van der Waals surface area contributed by atoms with Crippen molar-refractivity contribution in [2.45, 2.75) is 18.9 Å². The Morgan fingerprint density at radius 3 is 2.31 bits per heavy atom. The summed E-state index contributed by atoms with van der Waals surface area (Å²) >= 11 is 0. The predicted octanol–water partition coefficient (Wildman–Crippen LogP) is 3.90. The maximum absolute atomic E-state index is 13.7. The zero-order chi connectivity index (χ0) is 19.1. The molecule has 1 amide bonds. The first-order valence-corrected chi connectivity index (χ1v) is 7.78. The zero-order valence-corrected chi connectivity index (χ0v) is 14.0. The van der Waals surface area contributed by atoms with E-state index in [1.165, 1.54) is 13.2 Å². The fourth-order valence-corrected chi connectivity index (χ4v) is 2.48. The Kier molecular flexibility index (Phi) is 6.39. The molecule has 26 heavy (non-hydrogen) atoms. The molecule has 2 aromatic carbocycles. The Bertz CT molecular complexity index is 825. The van der Waals surface area contributed by atoms with Crippen LogP contribution in [0.15, 0.2) is 42.5 Å². The molecular formula is C19H16F2N2O3. The lowest BCUT2D eigenvalue weighted by Crippen LogP contribution is -2.29. The van der Waals surface area contributed by atoms with Gasteiger partial charge in [-0.3, -0.25) is 4.79 Å². The Morgan fingerprint density at radius 2 is 1.77 bits per heavy atom. The lowest BCUT2D eigenvalue weighted by molar-refractivity contribution is 0.0965. The number of benzene rings is 2. The molecule has 0 aliphatic heterocycles. The fourth-order valence-electron chi connectivity index (χ4n) is 2.48. The summed E-state index contributed by atoms with van der Waals surface area (Å²) in [6.45, 7) is 0. The molecule has 0 heterocycles. The minimum atomic E-state index is -0.925. The number of nitrogens with one attached hydrogen (secondary N) is 1. The first-order chi connectivity index (χ1) is 12.5. The highest BCUT2D eigenvalue weighted by Crippen LogP contribution is 2.22. The average Bonchev–Trinajstić information content (AvgIpc) is 2.64. The van der Waals surface area contributed by atoms with Crippen LogP contribution in [0.3, 0.4) is 0 Å². The van der Waals surface area contributed by atoms with Crippen LogP contribution >= 0.6 is 0 Å². The SMILES string of the molecule is COC(=O)NC(CCC(=O)c1c(F)cccc1F)c1ccc(C#N)cc1. The topological polar surface area (TPSA) is 79.2 Å². The molecule has 0 spiro atoms. The van der Waals surface area contributed by atoms with E-state index in [0.29, 0.717) is 11.1 Å². The molecule has 1 N–H and O–H groups in total. The highest BCUT2D eigenvalue weighted by atomic mass is 19.1. The molecule has 0 aromatic heterocycles. The van der Waals surface area contributed by atoms with E-state index in [-0.39, 0.29) is 12.8 Å². The number of ether oxygens (including phenoxy) is 1. The van der Waals surface area contributed by atoms with E-state index in [2.05, 4.69) is 10.1 Å². The second-order valence-electron chi connectivity index (χ2n) is 5.48. The van der Waals surface area contributed by atoms with Crippen molar-refractivity contribution in [3.8, 4) is 6.07 Å². The number of alkyl carbamates (subject to hydrolysis) is 1. The van der Waals surface area contributed by atoms with Gasteiger partial charge in [0.05, 0.1) is 30.3 Å². The molecule has 134 valence electrons. The van der Waals surface area contributed by atoms with Crippen molar-refractivity contribution in [3.05, 3.63) is 70.8 Å². The normalized spacial score (nSPS) is 11.3. The van der Waals surface area contributed by atoms with Gasteiger partial charge in [0.25, 0.3) is 0 Å². The van der Waals surface area contributed by atoms with Gasteiger partial charge >= 0.3 is 6.09 Å². The predicted molar refractivity (Wildman–Crippen MR) is 89.4 cm³/mol. The molecule has 2 aromatic rings.